The third-order valence-corrected chi connectivity index (χ3v) is 10.4. The predicted octanol–water partition coefficient (Wildman–Crippen LogP) is 13.6. The van der Waals surface area contributed by atoms with Crippen LogP contribution in [0.2, 0.25) is 0 Å². The Balaban J connectivity index is 1.22. The molecule has 0 atom stereocenters. The van der Waals surface area contributed by atoms with Crippen LogP contribution in [0.4, 0.5) is 0 Å². The average molecular weight is 652 g/mol. The van der Waals surface area contributed by atoms with Gasteiger partial charge in [0.2, 0.25) is 0 Å². The van der Waals surface area contributed by atoms with Crippen molar-refractivity contribution >= 4 is 65.7 Å². The fraction of sp³-hybridized carbons (Fsp3) is 0. The van der Waals surface area contributed by atoms with E-state index in [1.807, 2.05) is 0 Å². The first-order chi connectivity index (χ1) is 25.3. The van der Waals surface area contributed by atoms with Gasteiger partial charge >= 0.3 is 0 Å². The smallest absolute Gasteiger partial charge is 0.147 e. The zero-order valence-electron chi connectivity index (χ0n) is 27.5. The Hall–Kier alpha value is -6.84. The number of hydrogen-bond donors (Lipinski definition) is 0. The second-order valence-corrected chi connectivity index (χ2v) is 13.3. The highest BCUT2D eigenvalue weighted by Gasteiger charge is 2.23. The molecule has 51 heavy (non-hydrogen) atoms. The maximum Gasteiger partial charge on any atom is 0.147 e. The summed E-state index contributed by atoms with van der Waals surface area (Å²) in [5.74, 6) is 0. The van der Waals surface area contributed by atoms with Gasteiger partial charge in [0.25, 0.3) is 0 Å². The lowest BCUT2D eigenvalue weighted by Crippen LogP contribution is -1.94. The second kappa shape index (κ2) is 10.8. The molecule has 3 nitrogen and oxygen atoms in total. The predicted molar refractivity (Wildman–Crippen MR) is 212 cm³/mol. The monoisotopic (exact) mass is 651 g/mol. The molecular formula is C48H29NO2. The minimum atomic E-state index is 0.824. The molecule has 8 aromatic carbocycles. The first kappa shape index (κ1) is 28.0. The molecule has 0 spiro atoms. The molecule has 3 heteroatoms. The highest BCUT2D eigenvalue weighted by atomic mass is 16.3. The summed E-state index contributed by atoms with van der Waals surface area (Å²) in [6, 6.07) is 62.4. The number of furan rings is 2. The standard InChI is InChI=1S/C48H29NO2/c1-3-12-30(13-4-1)32-22-24-44-38(27-32)40-29-41-39-28-33(31-14-5-2-6-15-31)23-25-45(39)51-48(41)46(47(40)50-44)34-16-11-17-35(26-34)49-42-20-9-7-18-36(42)37-19-8-10-21-43(37)49/h1-29H. The van der Waals surface area contributed by atoms with Crippen molar-refractivity contribution in [1.82, 2.24) is 4.57 Å². The van der Waals surface area contributed by atoms with Crippen molar-refractivity contribution in [2.75, 3.05) is 0 Å². The molecule has 3 heterocycles. The summed E-state index contributed by atoms with van der Waals surface area (Å²) >= 11 is 0. The van der Waals surface area contributed by atoms with Crippen molar-refractivity contribution in [1.29, 1.82) is 0 Å². The highest BCUT2D eigenvalue weighted by molar-refractivity contribution is 6.22. The van der Waals surface area contributed by atoms with Gasteiger partial charge in [-0.1, -0.05) is 121 Å². The number of rotatable bonds is 4. The summed E-state index contributed by atoms with van der Waals surface area (Å²) < 4.78 is 16.0. The fourth-order valence-corrected chi connectivity index (χ4v) is 8.02. The fourth-order valence-electron chi connectivity index (χ4n) is 8.02. The average Bonchev–Trinajstić information content (AvgIpc) is 3.86. The van der Waals surface area contributed by atoms with E-state index in [4.69, 9.17) is 8.83 Å². The SMILES string of the molecule is c1ccc(-c2ccc3oc4c(-c5cccc(-n6c7ccccc7c7ccccc76)c5)c5oc6ccc(-c7ccccc7)cc6c5cc4c3c2)cc1. The Kier molecular flexibility index (Phi) is 5.96. The molecule has 3 aromatic heterocycles. The Morgan fingerprint density at radius 1 is 0.314 bits per heavy atom. The molecule has 0 radical (unpaired) electrons. The minimum Gasteiger partial charge on any atom is -0.455 e. The largest absolute Gasteiger partial charge is 0.455 e. The van der Waals surface area contributed by atoms with E-state index in [1.54, 1.807) is 0 Å². The topological polar surface area (TPSA) is 31.2 Å². The summed E-state index contributed by atoms with van der Waals surface area (Å²) in [5.41, 5.74) is 13.4. The first-order valence-electron chi connectivity index (χ1n) is 17.3. The van der Waals surface area contributed by atoms with Gasteiger partial charge in [-0.15, -0.1) is 0 Å². The number of fused-ring (bicyclic) bond motifs is 9. The van der Waals surface area contributed by atoms with E-state index in [-0.39, 0.29) is 0 Å². The summed E-state index contributed by atoms with van der Waals surface area (Å²) in [6.07, 6.45) is 0. The van der Waals surface area contributed by atoms with Crippen LogP contribution in [0.5, 0.6) is 0 Å². The second-order valence-electron chi connectivity index (χ2n) is 13.3. The van der Waals surface area contributed by atoms with Gasteiger partial charge in [0, 0.05) is 38.0 Å². The van der Waals surface area contributed by atoms with Gasteiger partial charge in [-0.3, -0.25) is 0 Å². The van der Waals surface area contributed by atoms with Crippen LogP contribution in [0.1, 0.15) is 0 Å². The molecule has 0 bridgehead atoms. The van der Waals surface area contributed by atoms with Crippen molar-refractivity contribution in [3.63, 3.8) is 0 Å². The van der Waals surface area contributed by atoms with Crippen molar-refractivity contribution in [2.45, 2.75) is 0 Å². The third kappa shape index (κ3) is 4.25. The van der Waals surface area contributed by atoms with E-state index >= 15 is 0 Å². The molecule has 0 fully saturated rings. The summed E-state index contributed by atoms with van der Waals surface area (Å²) in [5, 5.41) is 6.78. The number of hydrogen-bond acceptors (Lipinski definition) is 2. The van der Waals surface area contributed by atoms with E-state index in [0.717, 1.165) is 71.8 Å². The van der Waals surface area contributed by atoms with Crippen LogP contribution in [0.3, 0.4) is 0 Å². The van der Waals surface area contributed by atoms with Crippen LogP contribution < -0.4 is 0 Å². The van der Waals surface area contributed by atoms with Gasteiger partial charge in [0.1, 0.15) is 22.3 Å². The van der Waals surface area contributed by atoms with Crippen molar-refractivity contribution in [3.05, 3.63) is 176 Å². The van der Waals surface area contributed by atoms with Gasteiger partial charge in [-0.05, 0) is 82.4 Å². The molecule has 0 unspecified atom stereocenters. The van der Waals surface area contributed by atoms with Gasteiger partial charge in [0.15, 0.2) is 0 Å². The normalized spacial score (nSPS) is 11.9. The lowest BCUT2D eigenvalue weighted by atomic mass is 9.96. The first-order valence-corrected chi connectivity index (χ1v) is 17.3. The van der Waals surface area contributed by atoms with Gasteiger partial charge in [-0.2, -0.15) is 0 Å². The number of nitrogens with zero attached hydrogens (tertiary/aromatic N) is 1. The molecule has 238 valence electrons. The van der Waals surface area contributed by atoms with Crippen molar-refractivity contribution < 1.29 is 8.83 Å². The lowest BCUT2D eigenvalue weighted by Gasteiger charge is -2.11. The van der Waals surface area contributed by atoms with Crippen LogP contribution in [-0.4, -0.2) is 4.57 Å². The molecule has 0 amide bonds. The quantitative estimate of drug-likeness (QED) is 0.190. The third-order valence-electron chi connectivity index (χ3n) is 10.4. The van der Waals surface area contributed by atoms with Crippen LogP contribution in [0.25, 0.3) is 105 Å². The van der Waals surface area contributed by atoms with Crippen LogP contribution in [-0.2, 0) is 0 Å². The van der Waals surface area contributed by atoms with E-state index in [9.17, 15) is 0 Å². The van der Waals surface area contributed by atoms with E-state index < -0.39 is 0 Å². The van der Waals surface area contributed by atoms with Crippen molar-refractivity contribution in [2.24, 2.45) is 0 Å². The molecule has 0 aliphatic rings. The Bertz CT molecular complexity index is 2940. The van der Waals surface area contributed by atoms with E-state index in [0.29, 0.717) is 0 Å². The van der Waals surface area contributed by atoms with Gasteiger partial charge < -0.3 is 13.4 Å². The molecule has 0 aliphatic carbocycles. The molecule has 11 aromatic rings. The van der Waals surface area contributed by atoms with Crippen LogP contribution in [0, 0.1) is 0 Å². The summed E-state index contributed by atoms with van der Waals surface area (Å²) in [7, 11) is 0. The van der Waals surface area contributed by atoms with Gasteiger partial charge in [-0.25, -0.2) is 0 Å². The number of benzene rings is 8. The van der Waals surface area contributed by atoms with Crippen LogP contribution >= 0.6 is 0 Å². The number of aromatic nitrogens is 1. The van der Waals surface area contributed by atoms with Crippen LogP contribution in [0.15, 0.2) is 185 Å². The molecule has 11 rings (SSSR count). The Morgan fingerprint density at radius 3 is 1.35 bits per heavy atom. The molecule has 0 aliphatic heterocycles. The Morgan fingerprint density at radius 2 is 0.804 bits per heavy atom. The van der Waals surface area contributed by atoms with Crippen molar-refractivity contribution in [3.8, 4) is 39.1 Å². The minimum absolute atomic E-state index is 0.824. The highest BCUT2D eigenvalue weighted by Crippen LogP contribution is 2.46. The van der Waals surface area contributed by atoms with E-state index in [1.165, 1.54) is 32.9 Å². The molecule has 0 saturated heterocycles. The lowest BCUT2D eigenvalue weighted by molar-refractivity contribution is 0.658. The van der Waals surface area contributed by atoms with E-state index in [2.05, 4.69) is 180 Å². The molecular weight excluding hydrogens is 623 g/mol. The van der Waals surface area contributed by atoms with Gasteiger partial charge in [0.05, 0.1) is 16.6 Å². The summed E-state index contributed by atoms with van der Waals surface area (Å²) in [4.78, 5) is 0. The molecule has 0 saturated carbocycles. The summed E-state index contributed by atoms with van der Waals surface area (Å²) in [6.45, 7) is 0. The molecule has 0 N–H and O–H groups in total. The maximum absolute atomic E-state index is 6.83. The number of para-hydroxylation sites is 2. The Labute approximate surface area is 293 Å². The maximum atomic E-state index is 6.83. The zero-order valence-corrected chi connectivity index (χ0v) is 27.5. The zero-order chi connectivity index (χ0) is 33.5.